The minimum Gasteiger partial charge on any atom is -0.497 e. The van der Waals surface area contributed by atoms with E-state index in [0.717, 1.165) is 24.2 Å². The zero-order chi connectivity index (χ0) is 20.2. The topological polar surface area (TPSA) is 77.7 Å². The van der Waals surface area contributed by atoms with Gasteiger partial charge in [-0.15, -0.1) is 10.2 Å². The molecule has 1 aliphatic rings. The van der Waals surface area contributed by atoms with Crippen LogP contribution in [0.5, 0.6) is 11.5 Å². The number of ether oxygens (including phenoxy) is 2. The van der Waals surface area contributed by atoms with E-state index < -0.39 is 0 Å². The summed E-state index contributed by atoms with van der Waals surface area (Å²) in [6.07, 6.45) is 1.57. The summed E-state index contributed by atoms with van der Waals surface area (Å²) in [7, 11) is 3.23. The van der Waals surface area contributed by atoms with E-state index in [1.54, 1.807) is 38.5 Å². The number of rotatable bonds is 5. The lowest BCUT2D eigenvalue weighted by atomic mass is 9.96. The first kappa shape index (κ1) is 19.0. The quantitative estimate of drug-likeness (QED) is 0.657. The van der Waals surface area contributed by atoms with Gasteiger partial charge < -0.3 is 18.8 Å². The van der Waals surface area contributed by atoms with Crippen molar-refractivity contribution in [1.29, 1.82) is 0 Å². The molecule has 2 aromatic carbocycles. The molecule has 0 spiro atoms. The second-order valence-electron chi connectivity index (χ2n) is 6.94. The average molecular weight is 393 g/mol. The predicted molar refractivity (Wildman–Crippen MR) is 107 cm³/mol. The van der Waals surface area contributed by atoms with Crippen LogP contribution in [0.2, 0.25) is 0 Å². The first-order chi connectivity index (χ1) is 14.2. The van der Waals surface area contributed by atoms with Gasteiger partial charge in [-0.1, -0.05) is 12.1 Å². The van der Waals surface area contributed by atoms with Crippen LogP contribution in [0.4, 0.5) is 0 Å². The van der Waals surface area contributed by atoms with E-state index in [2.05, 4.69) is 10.2 Å². The number of para-hydroxylation sites is 1. The molecule has 150 valence electrons. The van der Waals surface area contributed by atoms with Gasteiger partial charge in [-0.25, -0.2) is 0 Å². The van der Waals surface area contributed by atoms with Crippen LogP contribution in [0.3, 0.4) is 0 Å². The maximum absolute atomic E-state index is 12.7. The third-order valence-electron chi connectivity index (χ3n) is 5.25. The fraction of sp³-hybridized carbons (Fsp3) is 0.318. The summed E-state index contributed by atoms with van der Waals surface area (Å²) in [5.41, 5.74) is 1.45. The number of carbonyl (C=O) groups excluding carboxylic acids is 1. The van der Waals surface area contributed by atoms with Crippen molar-refractivity contribution in [2.24, 2.45) is 0 Å². The number of aromatic nitrogens is 2. The number of hydrogen-bond acceptors (Lipinski definition) is 6. The number of carbonyl (C=O) groups is 1. The van der Waals surface area contributed by atoms with Crippen molar-refractivity contribution in [1.82, 2.24) is 15.1 Å². The molecule has 1 aromatic heterocycles. The Bertz CT molecular complexity index is 976. The van der Waals surface area contributed by atoms with Gasteiger partial charge in [-0.05, 0) is 49.2 Å². The van der Waals surface area contributed by atoms with Crippen LogP contribution in [0.25, 0.3) is 11.5 Å². The third kappa shape index (κ3) is 3.94. The normalized spacial score (nSPS) is 14.6. The molecule has 0 aliphatic carbocycles. The average Bonchev–Trinajstić information content (AvgIpc) is 3.29. The highest BCUT2D eigenvalue weighted by Crippen LogP contribution is 2.33. The number of benzene rings is 2. The molecule has 2 heterocycles. The number of nitrogens with zero attached hydrogens (tertiary/aromatic N) is 3. The van der Waals surface area contributed by atoms with E-state index >= 15 is 0 Å². The Hall–Kier alpha value is -3.35. The Morgan fingerprint density at radius 3 is 2.41 bits per heavy atom. The lowest BCUT2D eigenvalue weighted by Gasteiger charge is -2.30. The van der Waals surface area contributed by atoms with Crippen LogP contribution in [0.15, 0.2) is 52.9 Å². The second-order valence-corrected chi connectivity index (χ2v) is 6.94. The summed E-state index contributed by atoms with van der Waals surface area (Å²) in [6.45, 7) is 1.31. The van der Waals surface area contributed by atoms with Crippen LogP contribution in [-0.2, 0) is 0 Å². The van der Waals surface area contributed by atoms with Gasteiger partial charge in [0.2, 0.25) is 5.89 Å². The van der Waals surface area contributed by atoms with Crippen LogP contribution >= 0.6 is 0 Å². The van der Waals surface area contributed by atoms with Gasteiger partial charge in [-0.2, -0.15) is 0 Å². The van der Waals surface area contributed by atoms with Gasteiger partial charge in [0, 0.05) is 24.6 Å². The van der Waals surface area contributed by atoms with Gasteiger partial charge in [0.25, 0.3) is 11.8 Å². The molecule has 0 unspecified atom stereocenters. The van der Waals surface area contributed by atoms with Crippen LogP contribution in [0.1, 0.15) is 35.0 Å². The number of amides is 1. The zero-order valence-electron chi connectivity index (χ0n) is 16.5. The highest BCUT2D eigenvalue weighted by atomic mass is 16.5. The van der Waals surface area contributed by atoms with E-state index in [9.17, 15) is 4.79 Å². The Morgan fingerprint density at radius 1 is 1.00 bits per heavy atom. The Kier molecular flexibility index (Phi) is 5.46. The fourth-order valence-corrected chi connectivity index (χ4v) is 3.58. The van der Waals surface area contributed by atoms with Crippen LogP contribution in [-0.4, -0.2) is 48.3 Å². The molecule has 7 heteroatoms. The van der Waals surface area contributed by atoms with Crippen molar-refractivity contribution < 1.29 is 18.7 Å². The third-order valence-corrected chi connectivity index (χ3v) is 5.25. The first-order valence-corrected chi connectivity index (χ1v) is 9.59. The predicted octanol–water partition coefficient (Wildman–Crippen LogP) is 3.77. The van der Waals surface area contributed by atoms with Gasteiger partial charge in [0.15, 0.2) is 0 Å². The molecule has 3 aromatic rings. The van der Waals surface area contributed by atoms with Gasteiger partial charge in [0.1, 0.15) is 11.5 Å². The molecule has 0 N–H and O–H groups in total. The molecule has 1 aliphatic heterocycles. The molecule has 4 rings (SSSR count). The van der Waals surface area contributed by atoms with Gasteiger partial charge in [-0.3, -0.25) is 4.79 Å². The molecule has 1 amide bonds. The molecule has 1 fully saturated rings. The van der Waals surface area contributed by atoms with E-state index in [0.29, 0.717) is 36.2 Å². The lowest BCUT2D eigenvalue weighted by molar-refractivity contribution is 0.0706. The van der Waals surface area contributed by atoms with Crippen molar-refractivity contribution in [3.63, 3.8) is 0 Å². The zero-order valence-corrected chi connectivity index (χ0v) is 16.5. The molecule has 7 nitrogen and oxygen atoms in total. The first-order valence-electron chi connectivity index (χ1n) is 9.59. The Balaban J connectivity index is 1.41. The highest BCUT2D eigenvalue weighted by molar-refractivity contribution is 5.94. The molecular formula is C22H23N3O4. The Morgan fingerprint density at radius 2 is 1.72 bits per heavy atom. The van der Waals surface area contributed by atoms with Crippen LogP contribution < -0.4 is 9.47 Å². The monoisotopic (exact) mass is 393 g/mol. The molecule has 0 atom stereocenters. The van der Waals surface area contributed by atoms with Crippen molar-refractivity contribution in [2.75, 3.05) is 27.3 Å². The highest BCUT2D eigenvalue weighted by Gasteiger charge is 2.28. The van der Waals surface area contributed by atoms with E-state index in [-0.39, 0.29) is 11.8 Å². The minimum atomic E-state index is 0.0337. The maximum atomic E-state index is 12.7. The number of hydrogen-bond donors (Lipinski definition) is 0. The lowest BCUT2D eigenvalue weighted by Crippen LogP contribution is -2.38. The summed E-state index contributed by atoms with van der Waals surface area (Å²) < 4.78 is 16.5. The van der Waals surface area contributed by atoms with Crippen molar-refractivity contribution in [2.45, 2.75) is 18.8 Å². The summed E-state index contributed by atoms with van der Waals surface area (Å²) in [4.78, 5) is 14.6. The van der Waals surface area contributed by atoms with E-state index in [1.807, 2.05) is 29.2 Å². The SMILES string of the molecule is COc1ccc(C(=O)N2CCC(c3nnc(-c4ccccc4OC)o3)CC2)cc1. The summed E-state index contributed by atoms with van der Waals surface area (Å²) in [6, 6.07) is 14.8. The van der Waals surface area contributed by atoms with Crippen molar-refractivity contribution in [3.8, 4) is 23.0 Å². The largest absolute Gasteiger partial charge is 0.497 e. The number of likely N-dealkylation sites (tertiary alicyclic amines) is 1. The summed E-state index contributed by atoms with van der Waals surface area (Å²) in [5, 5.41) is 8.45. The molecule has 0 bridgehead atoms. The van der Waals surface area contributed by atoms with Crippen molar-refractivity contribution >= 4 is 5.91 Å². The molecular weight excluding hydrogens is 370 g/mol. The number of piperidine rings is 1. The van der Waals surface area contributed by atoms with E-state index in [1.165, 1.54) is 0 Å². The standard InChI is InChI=1S/C22H23N3O4/c1-27-17-9-7-16(8-10-17)22(26)25-13-11-15(12-14-25)20-23-24-21(29-20)18-5-3-4-6-19(18)28-2/h3-10,15H,11-14H2,1-2H3. The fourth-order valence-electron chi connectivity index (χ4n) is 3.58. The Labute approximate surface area is 169 Å². The molecule has 1 saturated heterocycles. The molecule has 0 saturated carbocycles. The summed E-state index contributed by atoms with van der Waals surface area (Å²) in [5.74, 6) is 2.68. The minimum absolute atomic E-state index is 0.0337. The van der Waals surface area contributed by atoms with Crippen molar-refractivity contribution in [3.05, 3.63) is 60.0 Å². The number of methoxy groups -OCH3 is 2. The molecule has 0 radical (unpaired) electrons. The van der Waals surface area contributed by atoms with Gasteiger partial charge >= 0.3 is 0 Å². The second kappa shape index (κ2) is 8.34. The van der Waals surface area contributed by atoms with Gasteiger partial charge in [0.05, 0.1) is 19.8 Å². The van der Waals surface area contributed by atoms with E-state index in [4.69, 9.17) is 13.9 Å². The smallest absolute Gasteiger partial charge is 0.253 e. The maximum Gasteiger partial charge on any atom is 0.253 e. The molecule has 29 heavy (non-hydrogen) atoms. The van der Waals surface area contributed by atoms with Crippen LogP contribution in [0, 0.1) is 0 Å². The summed E-state index contributed by atoms with van der Waals surface area (Å²) >= 11 is 0.